The molecule has 1 aromatic carbocycles. The van der Waals surface area contributed by atoms with Crippen molar-refractivity contribution in [3.8, 4) is 6.07 Å². The Balaban J connectivity index is 2.11. The Morgan fingerprint density at radius 2 is 1.97 bits per heavy atom. The Kier molecular flexibility index (Phi) is 5.48. The summed E-state index contributed by atoms with van der Waals surface area (Å²) < 4.78 is 5.63. The van der Waals surface area contributed by atoms with E-state index < -0.39 is 53.2 Å². The first-order valence-corrected chi connectivity index (χ1v) is 10.1. The molecule has 4 atom stereocenters. The predicted octanol–water partition coefficient (Wildman–Crippen LogP) is 1.33. The molecule has 9 nitrogen and oxygen atoms in total. The maximum Gasteiger partial charge on any atom is 0.411 e. The molecular formula is C22H28N4O5. The Bertz CT molecular complexity index is 937. The topological polar surface area (TPSA) is 137 Å². The molecule has 1 aromatic rings. The van der Waals surface area contributed by atoms with Crippen LogP contribution in [0.25, 0.3) is 0 Å². The quantitative estimate of drug-likeness (QED) is 0.694. The van der Waals surface area contributed by atoms with Crippen molar-refractivity contribution in [2.24, 2.45) is 11.1 Å². The summed E-state index contributed by atoms with van der Waals surface area (Å²) in [6.07, 6.45) is -0.644. The molecule has 9 heteroatoms. The molecule has 3 unspecified atom stereocenters. The Morgan fingerprint density at radius 1 is 1.35 bits per heavy atom. The molecule has 31 heavy (non-hydrogen) atoms. The van der Waals surface area contributed by atoms with E-state index in [0.717, 1.165) is 4.90 Å². The van der Waals surface area contributed by atoms with Gasteiger partial charge in [-0.1, -0.05) is 30.3 Å². The zero-order valence-electron chi connectivity index (χ0n) is 18.2. The highest BCUT2D eigenvalue weighted by molar-refractivity contribution is 6.00. The highest BCUT2D eigenvalue weighted by atomic mass is 16.6. The number of rotatable bonds is 4. The molecule has 2 saturated heterocycles. The van der Waals surface area contributed by atoms with Crippen molar-refractivity contribution < 1.29 is 24.2 Å². The third-order valence-corrected chi connectivity index (χ3v) is 5.91. The standard InChI is InChI=1S/C22H28N4O5/c1-20(2,3)31-19(30)26-16(14-8-6-5-7-9-14)21(4,12-23)11-22(26)13-25(18(22)29)15(10-27)17(24)28/h5-9,15-16,27H,10-11,13H2,1-4H3,(H2,24,28)/t15-,16?,21?,22?/m0/s1. The summed E-state index contributed by atoms with van der Waals surface area (Å²) in [4.78, 5) is 41.0. The second kappa shape index (κ2) is 7.54. The fraction of sp³-hybridized carbons (Fsp3) is 0.545. The van der Waals surface area contributed by atoms with E-state index in [1.165, 1.54) is 4.90 Å². The van der Waals surface area contributed by atoms with Gasteiger partial charge in [-0.05, 0) is 33.3 Å². The second-order valence-corrected chi connectivity index (χ2v) is 9.43. The number of nitrogens with zero attached hydrogens (tertiary/aromatic N) is 3. The largest absolute Gasteiger partial charge is 0.444 e. The molecule has 2 aliphatic heterocycles. The zero-order valence-corrected chi connectivity index (χ0v) is 18.2. The summed E-state index contributed by atoms with van der Waals surface area (Å²) in [5.74, 6) is -1.37. The number of aliphatic hydroxyl groups excluding tert-OH is 1. The van der Waals surface area contributed by atoms with E-state index in [0.29, 0.717) is 5.56 Å². The summed E-state index contributed by atoms with van der Waals surface area (Å²) in [5.41, 5.74) is 2.77. The number of likely N-dealkylation sites (tertiary alicyclic amines) is 2. The van der Waals surface area contributed by atoms with Crippen LogP contribution < -0.4 is 5.73 Å². The first kappa shape index (κ1) is 22.6. The number of amides is 3. The van der Waals surface area contributed by atoms with Crippen molar-refractivity contribution in [2.45, 2.75) is 57.3 Å². The van der Waals surface area contributed by atoms with E-state index in [-0.39, 0.29) is 13.0 Å². The zero-order chi connectivity index (χ0) is 23.2. The molecule has 3 amide bonds. The molecule has 0 bridgehead atoms. The van der Waals surface area contributed by atoms with Crippen LogP contribution in [-0.4, -0.2) is 63.1 Å². The van der Waals surface area contributed by atoms with Gasteiger partial charge in [-0.25, -0.2) is 4.79 Å². The van der Waals surface area contributed by atoms with Gasteiger partial charge in [0.15, 0.2) is 0 Å². The van der Waals surface area contributed by atoms with Crippen molar-refractivity contribution >= 4 is 17.9 Å². The Hall–Kier alpha value is -3.12. The first-order chi connectivity index (χ1) is 14.4. The van der Waals surface area contributed by atoms with Crippen molar-refractivity contribution in [3.63, 3.8) is 0 Å². The lowest BCUT2D eigenvalue weighted by atomic mass is 9.74. The number of β-lactam (4-membered cyclic amide) rings is 1. The van der Waals surface area contributed by atoms with Gasteiger partial charge < -0.3 is 20.5 Å². The van der Waals surface area contributed by atoms with Gasteiger partial charge in [0.2, 0.25) is 5.91 Å². The lowest BCUT2D eigenvalue weighted by molar-refractivity contribution is -0.170. The van der Waals surface area contributed by atoms with Crippen LogP contribution in [-0.2, 0) is 14.3 Å². The van der Waals surface area contributed by atoms with Gasteiger partial charge in [0.05, 0.1) is 30.7 Å². The van der Waals surface area contributed by atoms with Crippen LogP contribution in [0, 0.1) is 16.7 Å². The summed E-state index contributed by atoms with van der Waals surface area (Å²) in [6.45, 7) is 6.22. The number of carbonyl (C=O) groups is 3. The number of nitriles is 1. The van der Waals surface area contributed by atoms with Crippen molar-refractivity contribution in [1.29, 1.82) is 5.26 Å². The van der Waals surface area contributed by atoms with E-state index in [9.17, 15) is 24.8 Å². The molecule has 3 rings (SSSR count). The molecule has 0 saturated carbocycles. The lowest BCUT2D eigenvalue weighted by Gasteiger charge is -2.53. The fourth-order valence-electron chi connectivity index (χ4n) is 4.67. The summed E-state index contributed by atoms with van der Waals surface area (Å²) in [6, 6.07) is 9.40. The number of carbonyl (C=O) groups excluding carboxylic acids is 3. The number of nitrogens with two attached hydrogens (primary N) is 1. The van der Waals surface area contributed by atoms with Crippen LogP contribution in [0.2, 0.25) is 0 Å². The number of hydrogen-bond acceptors (Lipinski definition) is 6. The van der Waals surface area contributed by atoms with Gasteiger partial charge in [0.25, 0.3) is 5.91 Å². The number of aliphatic hydroxyl groups is 1. The lowest BCUT2D eigenvalue weighted by Crippen LogP contribution is -2.76. The van der Waals surface area contributed by atoms with Crippen molar-refractivity contribution in [1.82, 2.24) is 9.80 Å². The van der Waals surface area contributed by atoms with Crippen molar-refractivity contribution in [3.05, 3.63) is 35.9 Å². The summed E-state index contributed by atoms with van der Waals surface area (Å²) in [7, 11) is 0. The summed E-state index contributed by atoms with van der Waals surface area (Å²) >= 11 is 0. The van der Waals surface area contributed by atoms with Crippen molar-refractivity contribution in [2.75, 3.05) is 13.2 Å². The van der Waals surface area contributed by atoms with Crippen LogP contribution in [0.3, 0.4) is 0 Å². The van der Waals surface area contributed by atoms with Crippen LogP contribution >= 0.6 is 0 Å². The third-order valence-electron chi connectivity index (χ3n) is 5.91. The van der Waals surface area contributed by atoms with Gasteiger partial charge in [-0.3, -0.25) is 14.5 Å². The van der Waals surface area contributed by atoms with Gasteiger partial charge in [0.1, 0.15) is 17.2 Å². The van der Waals surface area contributed by atoms with Crippen LogP contribution in [0.1, 0.15) is 45.7 Å². The minimum atomic E-state index is -1.36. The monoisotopic (exact) mass is 428 g/mol. The average Bonchev–Trinajstić information content (AvgIpc) is 2.99. The molecular weight excluding hydrogens is 400 g/mol. The van der Waals surface area contributed by atoms with Gasteiger partial charge >= 0.3 is 6.09 Å². The first-order valence-electron chi connectivity index (χ1n) is 10.1. The third kappa shape index (κ3) is 3.61. The number of benzene rings is 1. The Morgan fingerprint density at radius 3 is 2.42 bits per heavy atom. The smallest absolute Gasteiger partial charge is 0.411 e. The van der Waals surface area contributed by atoms with Crippen LogP contribution in [0.5, 0.6) is 0 Å². The fourth-order valence-corrected chi connectivity index (χ4v) is 4.67. The molecule has 2 fully saturated rings. The van der Waals surface area contributed by atoms with E-state index in [1.54, 1.807) is 52.0 Å². The molecule has 2 heterocycles. The molecule has 1 spiro atoms. The van der Waals surface area contributed by atoms with Gasteiger partial charge in [-0.15, -0.1) is 0 Å². The number of primary amides is 1. The Labute approximate surface area is 181 Å². The highest BCUT2D eigenvalue weighted by Gasteiger charge is 2.71. The number of hydrogen-bond donors (Lipinski definition) is 2. The van der Waals surface area contributed by atoms with E-state index in [2.05, 4.69) is 6.07 Å². The predicted molar refractivity (Wildman–Crippen MR) is 110 cm³/mol. The highest BCUT2D eigenvalue weighted by Crippen LogP contribution is 2.58. The minimum absolute atomic E-state index is 0.0279. The van der Waals surface area contributed by atoms with Crippen LogP contribution in [0.4, 0.5) is 4.79 Å². The van der Waals surface area contributed by atoms with Gasteiger partial charge in [-0.2, -0.15) is 5.26 Å². The van der Waals surface area contributed by atoms with E-state index in [1.807, 2.05) is 6.07 Å². The molecule has 0 aliphatic carbocycles. The minimum Gasteiger partial charge on any atom is -0.444 e. The van der Waals surface area contributed by atoms with Crippen LogP contribution in [0.15, 0.2) is 30.3 Å². The SMILES string of the molecule is CC(C)(C)OC(=O)N1C(c2ccccc2)C(C)(C#N)CC12CN([C@@H](CO)C(N)=O)C2=O. The maximum atomic E-state index is 13.4. The van der Waals surface area contributed by atoms with E-state index in [4.69, 9.17) is 10.5 Å². The van der Waals surface area contributed by atoms with E-state index >= 15 is 0 Å². The second-order valence-electron chi connectivity index (χ2n) is 9.43. The number of ether oxygens (including phenoxy) is 1. The summed E-state index contributed by atoms with van der Waals surface area (Å²) in [5, 5.41) is 19.6. The average molecular weight is 428 g/mol. The molecule has 166 valence electrons. The maximum absolute atomic E-state index is 13.4. The molecule has 0 radical (unpaired) electrons. The molecule has 0 aromatic heterocycles. The molecule has 2 aliphatic rings. The molecule has 3 N–H and O–H groups in total. The normalized spacial score (nSPS) is 28.8. The van der Waals surface area contributed by atoms with Gasteiger partial charge in [0, 0.05) is 6.42 Å².